The second-order valence-corrected chi connectivity index (χ2v) is 10.3. The summed E-state index contributed by atoms with van der Waals surface area (Å²) in [6.45, 7) is 3.66. The maximum atomic E-state index is 13.0. The van der Waals surface area contributed by atoms with Crippen LogP contribution in [0.2, 0.25) is 5.02 Å². The summed E-state index contributed by atoms with van der Waals surface area (Å²) in [5.41, 5.74) is 2.14. The van der Waals surface area contributed by atoms with Gasteiger partial charge in [-0.15, -0.1) is 11.3 Å². The highest BCUT2D eigenvalue weighted by molar-refractivity contribution is 8.00. The molecule has 0 radical (unpaired) electrons. The predicted octanol–water partition coefficient (Wildman–Crippen LogP) is 5.83. The molecule has 3 heterocycles. The molecule has 1 aliphatic heterocycles. The topological polar surface area (TPSA) is 62.2 Å². The number of hydrogen-bond donors (Lipinski definition) is 2. The Kier molecular flexibility index (Phi) is 6.48. The largest absolute Gasteiger partial charge is 0.369 e. The van der Waals surface area contributed by atoms with E-state index in [1.54, 1.807) is 29.5 Å². The third-order valence-corrected chi connectivity index (χ3v) is 7.76. The van der Waals surface area contributed by atoms with E-state index in [1.165, 1.54) is 5.69 Å². The number of amides is 1. The van der Waals surface area contributed by atoms with Crippen LogP contribution in [0.15, 0.2) is 71.2 Å². The minimum atomic E-state index is -0.309. The molecule has 0 bridgehead atoms. The van der Waals surface area contributed by atoms with Gasteiger partial charge in [0.1, 0.15) is 6.04 Å². The summed E-state index contributed by atoms with van der Waals surface area (Å²) in [5.74, 6) is 0.0272. The first kappa shape index (κ1) is 22.1. The molecular weight excluding hydrogens is 474 g/mol. The number of fused-ring (bicyclic) bond motifs is 1. The van der Waals surface area contributed by atoms with Crippen LogP contribution in [0.1, 0.15) is 19.4 Å². The molecule has 0 spiro atoms. The molecule has 6 nitrogen and oxygen atoms in total. The Hall–Kier alpha value is -2.68. The number of aromatic nitrogens is 2. The van der Waals surface area contributed by atoms with Crippen LogP contribution >= 0.6 is 34.9 Å². The monoisotopic (exact) mass is 497 g/mol. The smallest absolute Gasteiger partial charge is 0.243 e. The van der Waals surface area contributed by atoms with E-state index in [0.29, 0.717) is 5.02 Å². The van der Waals surface area contributed by atoms with Gasteiger partial charge in [-0.3, -0.25) is 4.79 Å². The van der Waals surface area contributed by atoms with Crippen LogP contribution in [0.25, 0.3) is 10.9 Å². The standard InChI is InChI=1S/C24H24ClN5OS2/c1-16(30-12-8-17-2-3-18(25)14-22(17)30)23(31)27-19-9-11-29(15-19)20-4-6-21(7-5-20)33-28-24-26-10-13-32-24/h2-8,10,12-14,16,19H,9,11,15H2,1H3,(H,26,28)(H,27,31)/t16-,19+/m1/s1. The zero-order valence-corrected chi connectivity index (χ0v) is 20.5. The Balaban J connectivity index is 1.17. The van der Waals surface area contributed by atoms with Gasteiger partial charge in [0.15, 0.2) is 5.13 Å². The summed E-state index contributed by atoms with van der Waals surface area (Å²) in [6, 6.07) is 16.1. The summed E-state index contributed by atoms with van der Waals surface area (Å²) in [4.78, 5) is 20.7. The number of rotatable bonds is 7. The van der Waals surface area contributed by atoms with Crippen molar-refractivity contribution in [3.05, 3.63) is 71.3 Å². The van der Waals surface area contributed by atoms with Crippen molar-refractivity contribution in [2.75, 3.05) is 22.7 Å². The van der Waals surface area contributed by atoms with Gasteiger partial charge in [0.2, 0.25) is 5.91 Å². The van der Waals surface area contributed by atoms with Crippen LogP contribution in [-0.4, -0.2) is 34.6 Å². The van der Waals surface area contributed by atoms with E-state index in [2.05, 4.69) is 44.2 Å². The molecule has 0 saturated carbocycles. The number of nitrogens with one attached hydrogen (secondary N) is 2. The Bertz CT molecular complexity index is 1240. The molecule has 1 amide bonds. The molecule has 0 aliphatic carbocycles. The molecule has 1 aliphatic rings. The van der Waals surface area contributed by atoms with Crippen molar-refractivity contribution in [1.82, 2.24) is 14.9 Å². The van der Waals surface area contributed by atoms with Crippen LogP contribution in [0.5, 0.6) is 0 Å². The van der Waals surface area contributed by atoms with E-state index in [0.717, 1.165) is 40.4 Å². The lowest BCUT2D eigenvalue weighted by Crippen LogP contribution is -2.40. The average molecular weight is 498 g/mol. The molecular formula is C24H24ClN5OS2. The number of anilines is 2. The van der Waals surface area contributed by atoms with Crippen molar-refractivity contribution in [2.45, 2.75) is 30.3 Å². The maximum absolute atomic E-state index is 13.0. The van der Waals surface area contributed by atoms with Gasteiger partial charge < -0.3 is 19.5 Å². The first-order valence-corrected chi connectivity index (χ1v) is 12.9. The van der Waals surface area contributed by atoms with Crippen LogP contribution in [0.3, 0.4) is 0 Å². The summed E-state index contributed by atoms with van der Waals surface area (Å²) >= 11 is 9.30. The lowest BCUT2D eigenvalue weighted by Gasteiger charge is -2.21. The number of nitrogens with zero attached hydrogens (tertiary/aromatic N) is 3. The minimum Gasteiger partial charge on any atom is -0.369 e. The lowest BCUT2D eigenvalue weighted by atomic mass is 10.2. The minimum absolute atomic E-state index is 0.0272. The number of benzene rings is 2. The van der Waals surface area contributed by atoms with Crippen molar-refractivity contribution in [2.24, 2.45) is 0 Å². The second kappa shape index (κ2) is 9.67. The first-order chi connectivity index (χ1) is 16.1. The molecule has 5 rings (SSSR count). The van der Waals surface area contributed by atoms with E-state index in [-0.39, 0.29) is 18.0 Å². The first-order valence-electron chi connectivity index (χ1n) is 10.8. The number of carbonyl (C=O) groups excluding carboxylic acids is 1. The molecule has 4 aromatic rings. The fourth-order valence-corrected chi connectivity index (χ4v) is 5.51. The highest BCUT2D eigenvalue weighted by Crippen LogP contribution is 2.27. The highest BCUT2D eigenvalue weighted by atomic mass is 35.5. The van der Waals surface area contributed by atoms with Gasteiger partial charge in [-0.25, -0.2) is 4.98 Å². The molecule has 33 heavy (non-hydrogen) atoms. The van der Waals surface area contributed by atoms with Gasteiger partial charge in [-0.2, -0.15) is 0 Å². The zero-order chi connectivity index (χ0) is 22.8. The SMILES string of the molecule is C[C@H](C(=O)N[C@H]1CCN(c2ccc(SNc3nccs3)cc2)C1)n1ccc2ccc(Cl)cc21. The molecule has 2 atom stereocenters. The van der Waals surface area contributed by atoms with Crippen molar-refractivity contribution in [3.8, 4) is 0 Å². The molecule has 0 unspecified atom stereocenters. The fourth-order valence-electron chi connectivity index (χ4n) is 4.12. The Labute approximate surface area is 206 Å². The molecule has 2 aromatic heterocycles. The Morgan fingerprint density at radius 1 is 1.24 bits per heavy atom. The summed E-state index contributed by atoms with van der Waals surface area (Å²) in [7, 11) is 0. The van der Waals surface area contributed by atoms with Crippen LogP contribution in [0.4, 0.5) is 10.8 Å². The second-order valence-electron chi connectivity index (χ2n) is 8.08. The third-order valence-electron chi connectivity index (χ3n) is 5.91. The van der Waals surface area contributed by atoms with Gasteiger partial charge in [-0.05, 0) is 73.1 Å². The van der Waals surface area contributed by atoms with Crippen LogP contribution in [0, 0.1) is 0 Å². The summed E-state index contributed by atoms with van der Waals surface area (Å²) in [5, 5.41) is 7.83. The van der Waals surface area contributed by atoms with E-state index in [1.807, 2.05) is 47.3 Å². The average Bonchev–Trinajstić information content (AvgIpc) is 3.58. The van der Waals surface area contributed by atoms with Gasteiger partial charge in [-0.1, -0.05) is 17.7 Å². The van der Waals surface area contributed by atoms with E-state index in [9.17, 15) is 4.79 Å². The molecule has 9 heteroatoms. The van der Waals surface area contributed by atoms with E-state index in [4.69, 9.17) is 11.6 Å². The summed E-state index contributed by atoms with van der Waals surface area (Å²) in [6.07, 6.45) is 4.67. The third kappa shape index (κ3) is 4.98. The molecule has 1 saturated heterocycles. The molecule has 2 N–H and O–H groups in total. The normalized spacial score (nSPS) is 16.8. The molecule has 170 valence electrons. The fraction of sp³-hybridized carbons (Fsp3) is 0.250. The van der Waals surface area contributed by atoms with Gasteiger partial charge in [0.25, 0.3) is 0 Å². The molecule has 2 aromatic carbocycles. The van der Waals surface area contributed by atoms with Crippen LogP contribution in [-0.2, 0) is 4.79 Å². The zero-order valence-electron chi connectivity index (χ0n) is 18.1. The predicted molar refractivity (Wildman–Crippen MR) is 138 cm³/mol. The van der Waals surface area contributed by atoms with Crippen molar-refractivity contribution in [3.63, 3.8) is 0 Å². The highest BCUT2D eigenvalue weighted by Gasteiger charge is 2.26. The van der Waals surface area contributed by atoms with Crippen molar-refractivity contribution < 1.29 is 4.79 Å². The number of carbonyl (C=O) groups is 1. The summed E-state index contributed by atoms with van der Waals surface area (Å²) < 4.78 is 5.23. The van der Waals surface area contributed by atoms with E-state index >= 15 is 0 Å². The Morgan fingerprint density at radius 3 is 2.88 bits per heavy atom. The Morgan fingerprint density at radius 2 is 2.09 bits per heavy atom. The van der Waals surface area contributed by atoms with Gasteiger partial charge >= 0.3 is 0 Å². The lowest BCUT2D eigenvalue weighted by molar-refractivity contribution is -0.124. The number of halogens is 1. The quantitative estimate of drug-likeness (QED) is 0.315. The maximum Gasteiger partial charge on any atom is 0.243 e. The number of thiazole rings is 1. The molecule has 1 fully saturated rings. The van der Waals surface area contributed by atoms with Gasteiger partial charge in [0.05, 0.1) is 5.52 Å². The van der Waals surface area contributed by atoms with Crippen LogP contribution < -0.4 is 14.9 Å². The van der Waals surface area contributed by atoms with Crippen molar-refractivity contribution >= 4 is 62.5 Å². The van der Waals surface area contributed by atoms with E-state index < -0.39 is 0 Å². The number of hydrogen-bond acceptors (Lipinski definition) is 6. The van der Waals surface area contributed by atoms with Crippen molar-refractivity contribution in [1.29, 1.82) is 0 Å². The van der Waals surface area contributed by atoms with Gasteiger partial charge in [0, 0.05) is 52.5 Å².